The summed E-state index contributed by atoms with van der Waals surface area (Å²) in [5.41, 5.74) is 1.87. The minimum atomic E-state index is -0.939. The molecule has 2 aromatic rings. The molecule has 0 aliphatic carbocycles. The number of benzene rings is 2. The van der Waals surface area contributed by atoms with E-state index in [1.165, 1.54) is 6.07 Å². The Labute approximate surface area is 131 Å². The third kappa shape index (κ3) is 4.37. The quantitative estimate of drug-likeness (QED) is 0.887. The van der Waals surface area contributed by atoms with Gasteiger partial charge in [0.15, 0.2) is 0 Å². The maximum atomic E-state index is 13.7. The first-order valence-electron chi connectivity index (χ1n) is 6.40. The average molecular weight is 352 g/mol. The number of carbonyl (C=O) groups is 1. The standard InChI is InChI=1S/C16H15BrFNO2/c1-19(10-13-8-14(17)6-7-15(13)18)9-11-2-4-12(5-3-11)16(20)21/h2-8H,9-10H2,1H3,(H,20,21). The third-order valence-electron chi connectivity index (χ3n) is 3.10. The highest BCUT2D eigenvalue weighted by Gasteiger charge is 2.08. The van der Waals surface area contributed by atoms with Crippen molar-refractivity contribution in [3.05, 3.63) is 69.4 Å². The van der Waals surface area contributed by atoms with Gasteiger partial charge in [0.1, 0.15) is 5.82 Å². The maximum Gasteiger partial charge on any atom is 0.335 e. The van der Waals surface area contributed by atoms with Crippen LogP contribution in [0.3, 0.4) is 0 Å². The molecular formula is C16H15BrFNO2. The lowest BCUT2D eigenvalue weighted by Gasteiger charge is -2.17. The topological polar surface area (TPSA) is 40.5 Å². The minimum Gasteiger partial charge on any atom is -0.478 e. The fourth-order valence-electron chi connectivity index (χ4n) is 2.08. The van der Waals surface area contributed by atoms with Gasteiger partial charge in [-0.25, -0.2) is 9.18 Å². The molecular weight excluding hydrogens is 337 g/mol. The molecule has 0 saturated carbocycles. The largest absolute Gasteiger partial charge is 0.478 e. The van der Waals surface area contributed by atoms with E-state index in [-0.39, 0.29) is 11.4 Å². The number of aromatic carboxylic acids is 1. The summed E-state index contributed by atoms with van der Waals surface area (Å²) in [6.45, 7) is 1.10. The first-order chi connectivity index (χ1) is 9.95. The Morgan fingerprint density at radius 1 is 1.19 bits per heavy atom. The van der Waals surface area contributed by atoms with Crippen molar-refractivity contribution in [1.82, 2.24) is 4.90 Å². The Kier molecular flexibility index (Phi) is 5.09. The molecule has 0 fully saturated rings. The molecule has 0 heterocycles. The summed E-state index contributed by atoms with van der Waals surface area (Å²) < 4.78 is 14.5. The molecule has 0 atom stereocenters. The molecule has 0 aliphatic heterocycles. The Morgan fingerprint density at radius 3 is 2.48 bits per heavy atom. The second kappa shape index (κ2) is 6.83. The van der Waals surface area contributed by atoms with Crippen LogP contribution in [0.25, 0.3) is 0 Å². The van der Waals surface area contributed by atoms with E-state index < -0.39 is 5.97 Å². The number of nitrogens with zero attached hydrogens (tertiary/aromatic N) is 1. The van der Waals surface area contributed by atoms with Gasteiger partial charge in [0.05, 0.1) is 5.56 Å². The zero-order chi connectivity index (χ0) is 15.4. The van der Waals surface area contributed by atoms with Crippen LogP contribution in [0.15, 0.2) is 46.9 Å². The van der Waals surface area contributed by atoms with Crippen molar-refractivity contribution in [2.75, 3.05) is 7.05 Å². The van der Waals surface area contributed by atoms with Crippen LogP contribution in [0, 0.1) is 5.82 Å². The van der Waals surface area contributed by atoms with E-state index in [1.807, 2.05) is 11.9 Å². The van der Waals surface area contributed by atoms with E-state index in [9.17, 15) is 9.18 Å². The normalized spacial score (nSPS) is 10.9. The van der Waals surface area contributed by atoms with Crippen molar-refractivity contribution >= 4 is 21.9 Å². The lowest BCUT2D eigenvalue weighted by atomic mass is 10.1. The second-order valence-corrected chi connectivity index (χ2v) is 5.83. The van der Waals surface area contributed by atoms with Gasteiger partial charge in [-0.05, 0) is 42.9 Å². The van der Waals surface area contributed by atoms with Crippen molar-refractivity contribution in [3.63, 3.8) is 0 Å². The van der Waals surface area contributed by atoms with Crippen molar-refractivity contribution in [3.8, 4) is 0 Å². The van der Waals surface area contributed by atoms with Crippen molar-refractivity contribution in [2.24, 2.45) is 0 Å². The monoisotopic (exact) mass is 351 g/mol. The number of hydrogen-bond acceptors (Lipinski definition) is 2. The zero-order valence-corrected chi connectivity index (χ0v) is 13.1. The highest BCUT2D eigenvalue weighted by molar-refractivity contribution is 9.10. The second-order valence-electron chi connectivity index (χ2n) is 4.91. The molecule has 110 valence electrons. The third-order valence-corrected chi connectivity index (χ3v) is 3.59. The van der Waals surface area contributed by atoms with Gasteiger partial charge >= 0.3 is 5.97 Å². The highest BCUT2D eigenvalue weighted by atomic mass is 79.9. The zero-order valence-electron chi connectivity index (χ0n) is 11.5. The molecule has 0 amide bonds. The molecule has 0 radical (unpaired) electrons. The molecule has 0 saturated heterocycles. The number of halogens is 2. The van der Waals surface area contributed by atoms with Gasteiger partial charge in [0, 0.05) is 23.1 Å². The van der Waals surface area contributed by atoms with E-state index in [1.54, 1.807) is 36.4 Å². The first kappa shape index (κ1) is 15.7. The summed E-state index contributed by atoms with van der Waals surface area (Å²) in [6, 6.07) is 11.6. The molecule has 2 rings (SSSR count). The van der Waals surface area contributed by atoms with Crippen LogP contribution in [-0.2, 0) is 13.1 Å². The highest BCUT2D eigenvalue weighted by Crippen LogP contribution is 2.17. The van der Waals surface area contributed by atoms with Gasteiger partial charge in [-0.2, -0.15) is 0 Å². The Hall–Kier alpha value is -1.72. The maximum absolute atomic E-state index is 13.7. The van der Waals surface area contributed by atoms with Gasteiger partial charge in [-0.1, -0.05) is 28.1 Å². The summed E-state index contributed by atoms with van der Waals surface area (Å²) in [5, 5.41) is 8.85. The molecule has 1 N–H and O–H groups in total. The average Bonchev–Trinajstić information content (AvgIpc) is 2.43. The van der Waals surface area contributed by atoms with Crippen LogP contribution < -0.4 is 0 Å². The van der Waals surface area contributed by atoms with E-state index in [0.29, 0.717) is 18.7 Å². The summed E-state index contributed by atoms with van der Waals surface area (Å²) in [7, 11) is 1.89. The van der Waals surface area contributed by atoms with E-state index >= 15 is 0 Å². The van der Waals surface area contributed by atoms with E-state index in [0.717, 1.165) is 10.0 Å². The van der Waals surface area contributed by atoms with Crippen LogP contribution in [-0.4, -0.2) is 23.0 Å². The van der Waals surface area contributed by atoms with E-state index in [2.05, 4.69) is 15.9 Å². The minimum absolute atomic E-state index is 0.230. The van der Waals surface area contributed by atoms with Crippen molar-refractivity contribution in [2.45, 2.75) is 13.1 Å². The molecule has 3 nitrogen and oxygen atoms in total. The lowest BCUT2D eigenvalue weighted by molar-refractivity contribution is 0.0697. The van der Waals surface area contributed by atoms with Crippen LogP contribution in [0.4, 0.5) is 4.39 Å². The van der Waals surface area contributed by atoms with Crippen LogP contribution >= 0.6 is 15.9 Å². The molecule has 0 unspecified atom stereocenters. The van der Waals surface area contributed by atoms with Crippen molar-refractivity contribution < 1.29 is 14.3 Å². The predicted molar refractivity (Wildman–Crippen MR) is 82.7 cm³/mol. The van der Waals surface area contributed by atoms with E-state index in [4.69, 9.17) is 5.11 Å². The number of rotatable bonds is 5. The summed E-state index contributed by atoms with van der Waals surface area (Å²) in [4.78, 5) is 12.8. The van der Waals surface area contributed by atoms with Gasteiger partial charge in [0.25, 0.3) is 0 Å². The summed E-state index contributed by atoms with van der Waals surface area (Å²) in [5.74, 6) is -1.17. The molecule has 0 spiro atoms. The van der Waals surface area contributed by atoms with Crippen molar-refractivity contribution in [1.29, 1.82) is 0 Å². The fraction of sp³-hybridized carbons (Fsp3) is 0.188. The molecule has 0 aromatic heterocycles. The van der Waals surface area contributed by atoms with Crippen LogP contribution in [0.2, 0.25) is 0 Å². The van der Waals surface area contributed by atoms with Gasteiger partial charge in [-0.15, -0.1) is 0 Å². The smallest absolute Gasteiger partial charge is 0.335 e. The fourth-order valence-corrected chi connectivity index (χ4v) is 2.48. The van der Waals surface area contributed by atoms with Gasteiger partial charge in [0.2, 0.25) is 0 Å². The van der Waals surface area contributed by atoms with Gasteiger partial charge in [-0.3, -0.25) is 4.90 Å². The lowest BCUT2D eigenvalue weighted by Crippen LogP contribution is -2.18. The Balaban J connectivity index is 2.02. The molecule has 2 aromatic carbocycles. The molecule has 0 aliphatic rings. The van der Waals surface area contributed by atoms with Crippen LogP contribution in [0.5, 0.6) is 0 Å². The SMILES string of the molecule is CN(Cc1ccc(C(=O)O)cc1)Cc1cc(Br)ccc1F. The molecule has 0 bridgehead atoms. The number of hydrogen-bond donors (Lipinski definition) is 1. The summed E-state index contributed by atoms with van der Waals surface area (Å²) in [6.07, 6.45) is 0. The molecule has 5 heteroatoms. The Bertz CT molecular complexity index is 643. The molecule has 21 heavy (non-hydrogen) atoms. The first-order valence-corrected chi connectivity index (χ1v) is 7.19. The number of carboxylic acids is 1. The summed E-state index contributed by atoms with van der Waals surface area (Å²) >= 11 is 3.33. The number of carboxylic acid groups (broad SMARTS) is 1. The predicted octanol–water partition coefficient (Wildman–Crippen LogP) is 3.92. The van der Waals surface area contributed by atoms with Crippen LogP contribution in [0.1, 0.15) is 21.5 Å². The van der Waals surface area contributed by atoms with Gasteiger partial charge < -0.3 is 5.11 Å². The Morgan fingerprint density at radius 2 is 1.86 bits per heavy atom.